The second kappa shape index (κ2) is 11.0. The number of hydrogen-bond acceptors (Lipinski definition) is 6. The molecular weight excluding hydrogens is 500 g/mol. The van der Waals surface area contributed by atoms with Crippen molar-refractivity contribution in [3.63, 3.8) is 0 Å². The predicted octanol–water partition coefficient (Wildman–Crippen LogP) is 5.73. The number of nitrogens with zero attached hydrogens (tertiary/aromatic N) is 2. The lowest BCUT2D eigenvalue weighted by atomic mass is 9.94. The molecule has 3 aromatic rings. The highest BCUT2D eigenvalue weighted by Gasteiger charge is 2.30. The molecule has 5 rings (SSSR count). The molecule has 0 unspecified atom stereocenters. The van der Waals surface area contributed by atoms with Crippen molar-refractivity contribution in [1.29, 1.82) is 0 Å². The van der Waals surface area contributed by atoms with Crippen molar-refractivity contribution in [2.45, 2.75) is 58.1 Å². The summed E-state index contributed by atoms with van der Waals surface area (Å²) in [4.78, 5) is 31.6. The number of carbonyl (C=O) groups is 2. The molecule has 0 bridgehead atoms. The predicted molar refractivity (Wildman–Crippen MR) is 149 cm³/mol. The van der Waals surface area contributed by atoms with Crippen molar-refractivity contribution >= 4 is 29.0 Å². The fraction of sp³-hybridized carbons (Fsp3) is 0.414. The van der Waals surface area contributed by atoms with E-state index in [-0.39, 0.29) is 30.5 Å². The van der Waals surface area contributed by atoms with Crippen LogP contribution in [0.1, 0.15) is 56.7 Å². The van der Waals surface area contributed by atoms with Gasteiger partial charge in [-0.3, -0.25) is 4.79 Å². The summed E-state index contributed by atoms with van der Waals surface area (Å²) in [5, 5.41) is 13.2. The van der Waals surface area contributed by atoms with Gasteiger partial charge in [0.05, 0.1) is 22.7 Å². The number of thiazole rings is 1. The summed E-state index contributed by atoms with van der Waals surface area (Å²) in [7, 11) is 0. The number of rotatable bonds is 7. The number of ether oxygens (including phenoxy) is 1. The van der Waals surface area contributed by atoms with Crippen LogP contribution in [0, 0.1) is 5.92 Å². The van der Waals surface area contributed by atoms with Crippen LogP contribution in [0.3, 0.4) is 0 Å². The van der Waals surface area contributed by atoms with Crippen molar-refractivity contribution in [3.8, 4) is 26.8 Å². The van der Waals surface area contributed by atoms with Gasteiger partial charge in [0.25, 0.3) is 0 Å². The summed E-state index contributed by atoms with van der Waals surface area (Å²) in [5.74, 6) is 0.0649. The molecule has 8 nitrogen and oxygen atoms in total. The smallest absolute Gasteiger partial charge is 0.317 e. The van der Waals surface area contributed by atoms with Crippen molar-refractivity contribution in [2.75, 3.05) is 18.8 Å². The van der Waals surface area contributed by atoms with Crippen molar-refractivity contribution in [2.24, 2.45) is 5.92 Å². The van der Waals surface area contributed by atoms with Crippen LogP contribution in [0.2, 0.25) is 0 Å². The molecular formula is C29H34N4O4S. The number of fused-ring (bicyclic) bond motifs is 1. The number of urea groups is 1. The molecule has 2 aliphatic rings. The minimum absolute atomic E-state index is 0.0325. The molecule has 2 heterocycles. The van der Waals surface area contributed by atoms with Crippen LogP contribution in [0.15, 0.2) is 42.6 Å². The third kappa shape index (κ3) is 5.62. The van der Waals surface area contributed by atoms with Gasteiger partial charge in [-0.2, -0.15) is 0 Å². The van der Waals surface area contributed by atoms with Crippen LogP contribution >= 0.6 is 11.3 Å². The van der Waals surface area contributed by atoms with Crippen LogP contribution in [0.25, 0.3) is 21.0 Å². The molecule has 0 radical (unpaired) electrons. The van der Waals surface area contributed by atoms with Gasteiger partial charge in [0.15, 0.2) is 0 Å². The lowest BCUT2D eigenvalue weighted by molar-refractivity contribution is -0.138. The van der Waals surface area contributed by atoms with Gasteiger partial charge >= 0.3 is 12.0 Å². The Bertz CT molecular complexity index is 1330. The number of nitrogen functional groups attached to an aromatic ring is 1. The number of carboxylic acids is 1. The first-order valence-corrected chi connectivity index (χ1v) is 14.0. The summed E-state index contributed by atoms with van der Waals surface area (Å²) < 4.78 is 5.76. The van der Waals surface area contributed by atoms with Gasteiger partial charge in [-0.25, -0.2) is 9.78 Å². The van der Waals surface area contributed by atoms with E-state index in [0.29, 0.717) is 24.5 Å². The number of nitrogens with two attached hydrogens (primary N) is 1. The number of amides is 2. The quantitative estimate of drug-likeness (QED) is 0.333. The molecule has 1 saturated heterocycles. The van der Waals surface area contributed by atoms with Crippen molar-refractivity contribution < 1.29 is 19.4 Å². The van der Waals surface area contributed by atoms with Crippen LogP contribution in [-0.4, -0.2) is 46.2 Å². The second-order valence-electron chi connectivity index (χ2n) is 10.4. The number of carbonyl (C=O) groups excluding carboxylic acids is 1. The number of carboxylic acid groups (broad SMARTS) is 1. The van der Waals surface area contributed by atoms with E-state index in [2.05, 4.69) is 22.4 Å². The highest BCUT2D eigenvalue weighted by atomic mass is 32.1. The zero-order valence-corrected chi connectivity index (χ0v) is 22.6. The Balaban J connectivity index is 1.28. The van der Waals surface area contributed by atoms with Crippen LogP contribution in [0.4, 0.5) is 10.5 Å². The normalized spacial score (nSPS) is 17.4. The fourth-order valence-electron chi connectivity index (χ4n) is 5.44. The fourth-order valence-corrected chi connectivity index (χ4v) is 6.40. The SMILES string of the molecule is CC(C)Oc1ccc(-c2ncc(-c3cccc4c3CC[C@@H]4NC(=O)N3CCC(CC(=O)O)CC3)s2)cc1N. The first-order valence-electron chi connectivity index (χ1n) is 13.2. The van der Waals surface area contributed by atoms with Crippen molar-refractivity contribution in [1.82, 2.24) is 15.2 Å². The Morgan fingerprint density at radius 1 is 1.21 bits per heavy atom. The standard InChI is InChI=1S/C29H34N4O4S/c1-17(2)37-25-9-6-19(15-23(25)30)28-31-16-26(38-28)22-5-3-4-21-20(22)7-8-24(21)32-29(36)33-12-10-18(11-13-33)14-27(34)35/h3-6,9,15-18,24H,7-8,10-14,30H2,1-2H3,(H,32,36)(H,34,35)/t24-/m0/s1. The van der Waals surface area contributed by atoms with Gasteiger partial charge in [0.2, 0.25) is 0 Å². The maximum Gasteiger partial charge on any atom is 0.317 e. The molecule has 0 saturated carbocycles. The Morgan fingerprint density at radius 3 is 2.71 bits per heavy atom. The van der Waals surface area contributed by atoms with Gasteiger partial charge in [0.1, 0.15) is 10.8 Å². The van der Waals surface area contributed by atoms with E-state index in [1.54, 1.807) is 11.3 Å². The molecule has 200 valence electrons. The number of aliphatic carboxylic acids is 1. The summed E-state index contributed by atoms with van der Waals surface area (Å²) in [5.41, 5.74) is 11.4. The van der Waals surface area contributed by atoms with Gasteiger partial charge in [-0.1, -0.05) is 18.2 Å². The molecule has 2 aromatic carbocycles. The third-order valence-electron chi connectivity index (χ3n) is 7.32. The number of benzene rings is 2. The molecule has 4 N–H and O–H groups in total. The zero-order chi connectivity index (χ0) is 26.8. The van der Waals surface area contributed by atoms with Gasteiger partial charge in [-0.15, -0.1) is 11.3 Å². The molecule has 38 heavy (non-hydrogen) atoms. The maximum absolute atomic E-state index is 13.0. The van der Waals surface area contributed by atoms with E-state index in [4.69, 9.17) is 15.6 Å². The molecule has 1 aliphatic carbocycles. The van der Waals surface area contributed by atoms with Gasteiger partial charge in [-0.05, 0) is 80.3 Å². The summed E-state index contributed by atoms with van der Waals surface area (Å²) in [6.07, 6.45) is 5.36. The number of nitrogens with one attached hydrogen (secondary N) is 1. The van der Waals surface area contributed by atoms with Crippen LogP contribution in [0.5, 0.6) is 5.75 Å². The number of aromatic nitrogens is 1. The van der Waals surface area contributed by atoms with Crippen LogP contribution in [-0.2, 0) is 11.2 Å². The third-order valence-corrected chi connectivity index (χ3v) is 8.40. The van der Waals surface area contributed by atoms with E-state index in [0.717, 1.165) is 52.3 Å². The number of anilines is 1. The molecule has 1 atom stereocenters. The second-order valence-corrected chi connectivity index (χ2v) is 11.4. The lowest BCUT2D eigenvalue weighted by Crippen LogP contribution is -2.45. The molecule has 9 heteroatoms. The number of likely N-dealkylation sites (tertiary alicyclic amines) is 1. The first-order chi connectivity index (χ1) is 18.3. The summed E-state index contributed by atoms with van der Waals surface area (Å²) >= 11 is 1.63. The molecule has 1 fully saturated rings. The number of piperidine rings is 1. The van der Waals surface area contributed by atoms with E-state index in [9.17, 15) is 9.59 Å². The van der Waals surface area contributed by atoms with Gasteiger partial charge < -0.3 is 25.8 Å². The average Bonchev–Trinajstić information content (AvgIpc) is 3.53. The maximum atomic E-state index is 13.0. The minimum Gasteiger partial charge on any atom is -0.489 e. The van der Waals surface area contributed by atoms with E-state index in [1.165, 1.54) is 5.56 Å². The molecule has 2 amide bonds. The van der Waals surface area contributed by atoms with Gasteiger partial charge in [0, 0.05) is 31.3 Å². The topological polar surface area (TPSA) is 118 Å². The first kappa shape index (κ1) is 26.0. The van der Waals surface area contributed by atoms with E-state index in [1.807, 2.05) is 49.2 Å². The minimum atomic E-state index is -0.766. The van der Waals surface area contributed by atoms with Crippen LogP contribution < -0.4 is 15.8 Å². The Kier molecular flexibility index (Phi) is 7.56. The largest absolute Gasteiger partial charge is 0.489 e. The monoisotopic (exact) mass is 534 g/mol. The Hall–Kier alpha value is -3.59. The number of hydrogen-bond donors (Lipinski definition) is 3. The lowest BCUT2D eigenvalue weighted by Gasteiger charge is -2.32. The van der Waals surface area contributed by atoms with Crippen molar-refractivity contribution in [3.05, 3.63) is 53.7 Å². The molecule has 1 aromatic heterocycles. The molecule has 1 aliphatic heterocycles. The zero-order valence-electron chi connectivity index (χ0n) is 21.8. The van der Waals surface area contributed by atoms with E-state index >= 15 is 0 Å². The molecule has 0 spiro atoms. The van der Waals surface area contributed by atoms with E-state index < -0.39 is 5.97 Å². The summed E-state index contributed by atoms with van der Waals surface area (Å²) in [6.45, 7) is 5.15. The Morgan fingerprint density at radius 2 is 2.00 bits per heavy atom. The average molecular weight is 535 g/mol. The highest BCUT2D eigenvalue weighted by molar-refractivity contribution is 7.18. The Labute approximate surface area is 226 Å². The highest BCUT2D eigenvalue weighted by Crippen LogP contribution is 2.41. The summed E-state index contributed by atoms with van der Waals surface area (Å²) in [6, 6.07) is 12.0.